The van der Waals surface area contributed by atoms with Crippen LogP contribution in [0.4, 0.5) is 0 Å². The monoisotopic (exact) mass is 262 g/mol. The molecule has 19 heavy (non-hydrogen) atoms. The molecule has 2 aliphatic heterocycles. The molecule has 1 aromatic carbocycles. The quantitative estimate of drug-likeness (QED) is 0.704. The average molecular weight is 262 g/mol. The number of piperidine rings is 1. The van der Waals surface area contributed by atoms with Gasteiger partial charge in [0.05, 0.1) is 0 Å². The zero-order valence-electron chi connectivity index (χ0n) is 10.7. The third kappa shape index (κ3) is 2.14. The molecular weight excluding hydrogens is 244 g/mol. The summed E-state index contributed by atoms with van der Waals surface area (Å²) >= 11 is 0. The van der Waals surface area contributed by atoms with Gasteiger partial charge in [0.1, 0.15) is 17.1 Å². The number of amides is 1. The van der Waals surface area contributed by atoms with Crippen LogP contribution in [-0.4, -0.2) is 46.7 Å². The van der Waals surface area contributed by atoms with E-state index in [1.807, 2.05) is 0 Å². The average Bonchev–Trinajstić information content (AvgIpc) is 2.82. The van der Waals surface area contributed by atoms with Crippen LogP contribution in [0.1, 0.15) is 23.2 Å². The standard InChI is InChI=1S/C14H18N2O3/c17-11-4-1-5-12(18)13(11)14(19)16-7-9-3-2-6-15-10(9)8-16/h1,4-5,9-10,15,17-18H,2-3,6-8H2/t9-,10+/m0/s1. The van der Waals surface area contributed by atoms with Gasteiger partial charge in [0, 0.05) is 19.1 Å². The lowest BCUT2D eigenvalue weighted by atomic mass is 9.94. The van der Waals surface area contributed by atoms with E-state index >= 15 is 0 Å². The maximum absolute atomic E-state index is 12.4. The highest BCUT2D eigenvalue weighted by Gasteiger charge is 2.37. The van der Waals surface area contributed by atoms with E-state index in [4.69, 9.17) is 0 Å². The molecule has 3 N–H and O–H groups in total. The van der Waals surface area contributed by atoms with Crippen LogP contribution in [0.3, 0.4) is 0 Å². The number of hydrogen-bond donors (Lipinski definition) is 3. The molecule has 0 aliphatic carbocycles. The number of carbonyl (C=O) groups excluding carboxylic acids is 1. The maximum atomic E-state index is 12.4. The van der Waals surface area contributed by atoms with Gasteiger partial charge in [-0.2, -0.15) is 0 Å². The van der Waals surface area contributed by atoms with Crippen molar-refractivity contribution in [3.05, 3.63) is 23.8 Å². The molecule has 0 spiro atoms. The summed E-state index contributed by atoms with van der Waals surface area (Å²) in [6.07, 6.45) is 2.28. The summed E-state index contributed by atoms with van der Waals surface area (Å²) in [5, 5.41) is 22.9. The Labute approximate surface area is 111 Å². The van der Waals surface area contributed by atoms with Gasteiger partial charge in [0.15, 0.2) is 0 Å². The molecule has 0 unspecified atom stereocenters. The number of benzene rings is 1. The lowest BCUT2D eigenvalue weighted by molar-refractivity contribution is 0.0779. The third-order valence-electron chi connectivity index (χ3n) is 4.12. The number of phenols is 2. The number of aromatic hydroxyl groups is 2. The highest BCUT2D eigenvalue weighted by Crippen LogP contribution is 2.31. The largest absolute Gasteiger partial charge is 0.507 e. The SMILES string of the molecule is O=C(c1c(O)cccc1O)N1C[C@@H]2CCCN[C@@H]2C1. The van der Waals surface area contributed by atoms with E-state index in [9.17, 15) is 15.0 Å². The van der Waals surface area contributed by atoms with Gasteiger partial charge in [0.25, 0.3) is 5.91 Å². The molecule has 5 nitrogen and oxygen atoms in total. The van der Waals surface area contributed by atoms with Crippen molar-refractivity contribution in [2.75, 3.05) is 19.6 Å². The Morgan fingerprint density at radius 2 is 2.00 bits per heavy atom. The van der Waals surface area contributed by atoms with Crippen LogP contribution in [0.25, 0.3) is 0 Å². The smallest absolute Gasteiger partial charge is 0.261 e. The van der Waals surface area contributed by atoms with E-state index in [1.54, 1.807) is 4.90 Å². The Kier molecular flexibility index (Phi) is 3.06. The van der Waals surface area contributed by atoms with Gasteiger partial charge in [-0.1, -0.05) is 6.07 Å². The minimum absolute atomic E-state index is 0.0150. The Balaban J connectivity index is 1.81. The highest BCUT2D eigenvalue weighted by atomic mass is 16.3. The molecule has 2 atom stereocenters. The van der Waals surface area contributed by atoms with E-state index in [1.165, 1.54) is 18.2 Å². The third-order valence-corrected chi connectivity index (χ3v) is 4.12. The van der Waals surface area contributed by atoms with E-state index in [0.29, 0.717) is 25.0 Å². The van der Waals surface area contributed by atoms with E-state index in [-0.39, 0.29) is 23.0 Å². The van der Waals surface area contributed by atoms with Crippen molar-refractivity contribution in [3.8, 4) is 11.5 Å². The number of nitrogens with zero attached hydrogens (tertiary/aromatic N) is 1. The molecule has 1 amide bonds. The minimum Gasteiger partial charge on any atom is -0.507 e. The summed E-state index contributed by atoms with van der Waals surface area (Å²) in [6, 6.07) is 4.72. The van der Waals surface area contributed by atoms with Crippen LogP contribution < -0.4 is 5.32 Å². The second-order valence-electron chi connectivity index (χ2n) is 5.34. The number of likely N-dealkylation sites (tertiary alicyclic amines) is 1. The van der Waals surface area contributed by atoms with Crippen LogP contribution in [-0.2, 0) is 0 Å². The molecule has 1 aromatic rings. The molecule has 2 aliphatic rings. The lowest BCUT2D eigenvalue weighted by Crippen LogP contribution is -2.41. The molecule has 0 aromatic heterocycles. The van der Waals surface area contributed by atoms with Crippen LogP contribution in [0, 0.1) is 5.92 Å². The summed E-state index contributed by atoms with van der Waals surface area (Å²) in [6.45, 7) is 2.35. The van der Waals surface area contributed by atoms with Crippen molar-refractivity contribution < 1.29 is 15.0 Å². The van der Waals surface area contributed by atoms with Gasteiger partial charge in [0.2, 0.25) is 0 Å². The first-order valence-electron chi connectivity index (χ1n) is 6.70. The van der Waals surface area contributed by atoms with Gasteiger partial charge in [-0.3, -0.25) is 4.79 Å². The summed E-state index contributed by atoms with van der Waals surface area (Å²) in [5.41, 5.74) is 0.0150. The van der Waals surface area contributed by atoms with Gasteiger partial charge < -0.3 is 20.4 Å². The van der Waals surface area contributed by atoms with E-state index < -0.39 is 0 Å². The molecule has 2 saturated heterocycles. The van der Waals surface area contributed by atoms with Crippen LogP contribution in [0.15, 0.2) is 18.2 Å². The summed E-state index contributed by atoms with van der Waals surface area (Å²) in [7, 11) is 0. The zero-order valence-corrected chi connectivity index (χ0v) is 10.7. The molecule has 3 rings (SSSR count). The first-order chi connectivity index (χ1) is 9.16. The zero-order chi connectivity index (χ0) is 13.4. The Morgan fingerprint density at radius 3 is 2.68 bits per heavy atom. The number of rotatable bonds is 1. The molecule has 102 valence electrons. The number of phenolic OH excluding ortho intramolecular Hbond substituents is 2. The molecule has 5 heteroatoms. The maximum Gasteiger partial charge on any atom is 0.261 e. The van der Waals surface area contributed by atoms with E-state index in [2.05, 4.69) is 5.32 Å². The Hall–Kier alpha value is -1.75. The molecule has 0 bridgehead atoms. The van der Waals surface area contributed by atoms with Crippen molar-refractivity contribution >= 4 is 5.91 Å². The normalized spacial score (nSPS) is 26.2. The molecule has 0 radical (unpaired) electrons. The van der Waals surface area contributed by atoms with Crippen molar-refractivity contribution in [2.45, 2.75) is 18.9 Å². The topological polar surface area (TPSA) is 72.8 Å². The Bertz CT molecular complexity index is 469. The fraction of sp³-hybridized carbons (Fsp3) is 0.500. The lowest BCUT2D eigenvalue weighted by Gasteiger charge is -2.24. The number of nitrogens with one attached hydrogen (secondary N) is 1. The molecule has 2 heterocycles. The minimum atomic E-state index is -0.285. The van der Waals surface area contributed by atoms with Gasteiger partial charge in [-0.15, -0.1) is 0 Å². The summed E-state index contributed by atoms with van der Waals surface area (Å²) in [4.78, 5) is 14.1. The summed E-state index contributed by atoms with van der Waals surface area (Å²) < 4.78 is 0. The first-order valence-corrected chi connectivity index (χ1v) is 6.70. The fourth-order valence-corrected chi connectivity index (χ4v) is 3.12. The number of fused-ring (bicyclic) bond motifs is 1. The van der Waals surface area contributed by atoms with Gasteiger partial charge in [-0.25, -0.2) is 0 Å². The number of carbonyl (C=O) groups is 1. The second-order valence-corrected chi connectivity index (χ2v) is 5.34. The van der Waals surface area contributed by atoms with Gasteiger partial charge in [-0.05, 0) is 37.4 Å². The highest BCUT2D eigenvalue weighted by molar-refractivity contribution is 5.99. The molecular formula is C14H18N2O3. The number of hydrogen-bond acceptors (Lipinski definition) is 4. The second kappa shape index (κ2) is 4.74. The van der Waals surface area contributed by atoms with Crippen LogP contribution in [0.2, 0.25) is 0 Å². The predicted molar refractivity (Wildman–Crippen MR) is 70.2 cm³/mol. The van der Waals surface area contributed by atoms with Crippen LogP contribution in [0.5, 0.6) is 11.5 Å². The molecule has 0 saturated carbocycles. The molecule has 2 fully saturated rings. The van der Waals surface area contributed by atoms with Crippen LogP contribution >= 0.6 is 0 Å². The van der Waals surface area contributed by atoms with Crippen molar-refractivity contribution in [1.29, 1.82) is 0 Å². The van der Waals surface area contributed by atoms with Crippen molar-refractivity contribution in [2.24, 2.45) is 5.92 Å². The summed E-state index contributed by atoms with van der Waals surface area (Å²) in [5.74, 6) is -0.113. The Morgan fingerprint density at radius 1 is 1.26 bits per heavy atom. The fourth-order valence-electron chi connectivity index (χ4n) is 3.12. The first kappa shape index (κ1) is 12.3. The van der Waals surface area contributed by atoms with Crippen molar-refractivity contribution in [1.82, 2.24) is 10.2 Å². The van der Waals surface area contributed by atoms with Gasteiger partial charge >= 0.3 is 0 Å². The predicted octanol–water partition coefficient (Wildman–Crippen LogP) is 0.922. The van der Waals surface area contributed by atoms with Crippen molar-refractivity contribution in [3.63, 3.8) is 0 Å². The van der Waals surface area contributed by atoms with E-state index in [0.717, 1.165) is 19.4 Å².